The van der Waals surface area contributed by atoms with E-state index in [0.29, 0.717) is 0 Å². The molecule has 0 amide bonds. The van der Waals surface area contributed by atoms with Gasteiger partial charge in [-0.2, -0.15) is 5.10 Å². The van der Waals surface area contributed by atoms with E-state index < -0.39 is 0 Å². The zero-order valence-corrected chi connectivity index (χ0v) is 10.7. The number of aliphatic hydroxyl groups excluding tert-OH is 1. The second kappa shape index (κ2) is 5.43. The van der Waals surface area contributed by atoms with E-state index in [1.807, 2.05) is 29.1 Å². The van der Waals surface area contributed by atoms with Gasteiger partial charge < -0.3 is 9.84 Å². The lowest BCUT2D eigenvalue weighted by molar-refractivity contribution is -0.0366. The summed E-state index contributed by atoms with van der Waals surface area (Å²) in [6.45, 7) is 0.694. The van der Waals surface area contributed by atoms with Crippen molar-refractivity contribution in [2.75, 3.05) is 13.2 Å². The minimum Gasteiger partial charge on any atom is -0.384 e. The van der Waals surface area contributed by atoms with Crippen LogP contribution in [0.2, 0.25) is 0 Å². The standard InChI is InChI=1S/C15H16N2O2/c18-8-3-4-12-6-7-14-13(10-12)11-16-17(14)15-5-1-2-9-19-15/h6-7,10-11,15,18H,1-2,5,8-9H2. The highest BCUT2D eigenvalue weighted by molar-refractivity contribution is 5.80. The van der Waals surface area contributed by atoms with Gasteiger partial charge in [0.05, 0.1) is 11.7 Å². The van der Waals surface area contributed by atoms with E-state index in [-0.39, 0.29) is 12.8 Å². The summed E-state index contributed by atoms with van der Waals surface area (Å²) in [5.41, 5.74) is 1.96. The van der Waals surface area contributed by atoms with Crippen molar-refractivity contribution < 1.29 is 9.84 Å². The molecule has 4 heteroatoms. The first-order valence-electron chi connectivity index (χ1n) is 6.57. The summed E-state index contributed by atoms with van der Waals surface area (Å²) < 4.78 is 7.72. The molecule has 1 aromatic carbocycles. The van der Waals surface area contributed by atoms with Crippen LogP contribution in [0.3, 0.4) is 0 Å². The molecule has 3 rings (SSSR count). The lowest BCUT2D eigenvalue weighted by Gasteiger charge is -2.23. The van der Waals surface area contributed by atoms with E-state index >= 15 is 0 Å². The van der Waals surface area contributed by atoms with Crippen molar-refractivity contribution >= 4 is 10.9 Å². The Balaban J connectivity index is 1.95. The third-order valence-electron chi connectivity index (χ3n) is 3.34. The Morgan fingerprint density at radius 1 is 1.42 bits per heavy atom. The van der Waals surface area contributed by atoms with Gasteiger partial charge in [-0.1, -0.05) is 11.8 Å². The summed E-state index contributed by atoms with van der Waals surface area (Å²) in [5, 5.41) is 14.2. The first kappa shape index (κ1) is 12.2. The normalized spacial score (nSPS) is 19.1. The highest BCUT2D eigenvalue weighted by Crippen LogP contribution is 2.26. The van der Waals surface area contributed by atoms with Crippen molar-refractivity contribution in [2.45, 2.75) is 25.5 Å². The number of fused-ring (bicyclic) bond motifs is 1. The van der Waals surface area contributed by atoms with E-state index in [4.69, 9.17) is 9.84 Å². The second-order valence-corrected chi connectivity index (χ2v) is 4.64. The van der Waals surface area contributed by atoms with Crippen LogP contribution in [0, 0.1) is 11.8 Å². The van der Waals surface area contributed by atoms with Gasteiger partial charge in [0, 0.05) is 17.6 Å². The molecule has 98 valence electrons. The molecule has 1 aromatic heterocycles. The van der Waals surface area contributed by atoms with Crippen LogP contribution in [0.15, 0.2) is 24.4 Å². The largest absolute Gasteiger partial charge is 0.384 e. The summed E-state index contributed by atoms with van der Waals surface area (Å²) in [5.74, 6) is 5.56. The zero-order valence-electron chi connectivity index (χ0n) is 10.7. The molecule has 0 saturated carbocycles. The molecular formula is C15H16N2O2. The van der Waals surface area contributed by atoms with Gasteiger partial charge >= 0.3 is 0 Å². The van der Waals surface area contributed by atoms with Gasteiger partial charge in [-0.05, 0) is 37.5 Å². The number of hydrogen-bond donors (Lipinski definition) is 1. The van der Waals surface area contributed by atoms with Crippen LogP contribution in [0.25, 0.3) is 10.9 Å². The van der Waals surface area contributed by atoms with Gasteiger partial charge in [-0.15, -0.1) is 0 Å². The van der Waals surface area contributed by atoms with Crippen LogP contribution in [-0.4, -0.2) is 28.1 Å². The van der Waals surface area contributed by atoms with Gasteiger partial charge in [0.2, 0.25) is 0 Å². The zero-order chi connectivity index (χ0) is 13.1. The number of aliphatic hydroxyl groups is 1. The van der Waals surface area contributed by atoms with E-state index in [9.17, 15) is 0 Å². The molecule has 1 atom stereocenters. The highest BCUT2D eigenvalue weighted by Gasteiger charge is 2.18. The van der Waals surface area contributed by atoms with Crippen LogP contribution in [0.4, 0.5) is 0 Å². The number of hydrogen-bond acceptors (Lipinski definition) is 3. The van der Waals surface area contributed by atoms with Gasteiger partial charge in [0.1, 0.15) is 6.61 Å². The first-order chi connectivity index (χ1) is 9.38. The lowest BCUT2D eigenvalue weighted by Crippen LogP contribution is -2.18. The number of rotatable bonds is 1. The van der Waals surface area contributed by atoms with Crippen molar-refractivity contribution in [3.63, 3.8) is 0 Å². The average Bonchev–Trinajstić information content (AvgIpc) is 2.89. The summed E-state index contributed by atoms with van der Waals surface area (Å²) >= 11 is 0. The molecule has 1 saturated heterocycles. The summed E-state index contributed by atoms with van der Waals surface area (Å²) in [6.07, 6.45) is 5.24. The molecule has 1 aliphatic rings. The molecule has 0 spiro atoms. The maximum Gasteiger partial charge on any atom is 0.150 e. The van der Waals surface area contributed by atoms with Gasteiger partial charge in [-0.3, -0.25) is 0 Å². The predicted molar refractivity (Wildman–Crippen MR) is 72.5 cm³/mol. The molecule has 19 heavy (non-hydrogen) atoms. The van der Waals surface area contributed by atoms with E-state index in [1.54, 1.807) is 0 Å². The third-order valence-corrected chi connectivity index (χ3v) is 3.34. The lowest BCUT2D eigenvalue weighted by atomic mass is 10.1. The summed E-state index contributed by atoms with van der Waals surface area (Å²) in [6, 6.07) is 5.96. The van der Waals surface area contributed by atoms with Gasteiger partial charge in [0.15, 0.2) is 6.23 Å². The molecule has 2 heterocycles. The molecule has 0 bridgehead atoms. The van der Waals surface area contributed by atoms with Gasteiger partial charge in [-0.25, -0.2) is 4.68 Å². The number of benzene rings is 1. The summed E-state index contributed by atoms with van der Waals surface area (Å²) in [4.78, 5) is 0. The van der Waals surface area contributed by atoms with Crippen LogP contribution in [0.5, 0.6) is 0 Å². The molecule has 2 aromatic rings. The Kier molecular flexibility index (Phi) is 3.49. The Morgan fingerprint density at radius 3 is 3.16 bits per heavy atom. The fraction of sp³-hybridized carbons (Fsp3) is 0.400. The monoisotopic (exact) mass is 256 g/mol. The van der Waals surface area contributed by atoms with Crippen molar-refractivity contribution in [1.29, 1.82) is 0 Å². The topological polar surface area (TPSA) is 47.3 Å². The molecular weight excluding hydrogens is 240 g/mol. The number of ether oxygens (including phenoxy) is 1. The maximum atomic E-state index is 8.71. The van der Waals surface area contributed by atoms with Crippen molar-refractivity contribution in [1.82, 2.24) is 9.78 Å². The second-order valence-electron chi connectivity index (χ2n) is 4.64. The number of nitrogens with zero attached hydrogens (tertiary/aromatic N) is 2. The fourth-order valence-corrected chi connectivity index (χ4v) is 2.42. The van der Waals surface area contributed by atoms with Crippen molar-refractivity contribution in [3.8, 4) is 11.8 Å². The van der Waals surface area contributed by atoms with Crippen molar-refractivity contribution in [3.05, 3.63) is 30.0 Å². The molecule has 0 aliphatic carbocycles. The molecule has 1 fully saturated rings. The Morgan fingerprint density at radius 2 is 2.37 bits per heavy atom. The minimum absolute atomic E-state index is 0.0561. The smallest absolute Gasteiger partial charge is 0.150 e. The first-order valence-corrected chi connectivity index (χ1v) is 6.57. The van der Waals surface area contributed by atoms with Crippen LogP contribution >= 0.6 is 0 Å². The Hall–Kier alpha value is -1.83. The quantitative estimate of drug-likeness (QED) is 0.795. The van der Waals surface area contributed by atoms with Crippen LogP contribution < -0.4 is 0 Å². The molecule has 1 N–H and O–H groups in total. The summed E-state index contributed by atoms with van der Waals surface area (Å²) in [7, 11) is 0. The van der Waals surface area contributed by atoms with E-state index in [1.165, 1.54) is 6.42 Å². The highest BCUT2D eigenvalue weighted by atomic mass is 16.5. The molecule has 1 aliphatic heterocycles. The third kappa shape index (κ3) is 2.48. The minimum atomic E-state index is -0.118. The van der Waals surface area contributed by atoms with Crippen LogP contribution in [0.1, 0.15) is 31.1 Å². The predicted octanol–water partition coefficient (Wildman–Crippen LogP) is 2.08. The van der Waals surface area contributed by atoms with Gasteiger partial charge in [0.25, 0.3) is 0 Å². The Bertz CT molecular complexity index is 630. The molecule has 1 unspecified atom stereocenters. The Labute approximate surface area is 112 Å². The fourth-order valence-electron chi connectivity index (χ4n) is 2.42. The van der Waals surface area contributed by atoms with Crippen LogP contribution in [-0.2, 0) is 4.74 Å². The molecule has 4 nitrogen and oxygen atoms in total. The van der Waals surface area contributed by atoms with E-state index in [0.717, 1.165) is 35.9 Å². The SMILES string of the molecule is OCC#Cc1ccc2c(cnn2C2CCCCO2)c1. The van der Waals surface area contributed by atoms with E-state index in [2.05, 4.69) is 16.9 Å². The average molecular weight is 256 g/mol. The van der Waals surface area contributed by atoms with Crippen molar-refractivity contribution in [2.24, 2.45) is 0 Å². The number of aromatic nitrogens is 2. The maximum absolute atomic E-state index is 8.71. The molecule has 0 radical (unpaired) electrons.